The molecule has 1 saturated heterocycles. The number of ether oxygens (including phenoxy) is 1. The third-order valence-corrected chi connectivity index (χ3v) is 5.57. The maximum atomic E-state index is 6.15. The van der Waals surface area contributed by atoms with E-state index in [1.54, 1.807) is 18.0 Å². The average Bonchev–Trinajstić information content (AvgIpc) is 3.36. The third-order valence-electron chi connectivity index (χ3n) is 5.57. The SMILES string of the molecule is CC1CC1.COc1ccc(Nc2cc(N3CCCC(N)C3)cn3ncnc23)nc1C. The van der Waals surface area contributed by atoms with Crippen LogP contribution in [0.4, 0.5) is 17.2 Å². The van der Waals surface area contributed by atoms with Gasteiger partial charge in [0.1, 0.15) is 17.9 Å². The van der Waals surface area contributed by atoms with Crippen LogP contribution < -0.4 is 20.7 Å². The molecule has 2 fully saturated rings. The number of rotatable bonds is 4. The first-order valence-electron chi connectivity index (χ1n) is 10.7. The lowest BCUT2D eigenvalue weighted by atomic mass is 10.1. The second-order valence-electron chi connectivity index (χ2n) is 8.28. The molecule has 0 radical (unpaired) electrons. The predicted octanol–water partition coefficient (Wildman–Crippen LogP) is 3.53. The van der Waals surface area contributed by atoms with Crippen molar-refractivity contribution in [1.82, 2.24) is 19.6 Å². The Hall–Kier alpha value is -2.87. The number of methoxy groups -OCH3 is 1. The van der Waals surface area contributed by atoms with E-state index in [1.165, 1.54) is 12.8 Å². The summed E-state index contributed by atoms with van der Waals surface area (Å²) in [6, 6.07) is 6.09. The molecule has 0 amide bonds. The number of piperidine rings is 1. The zero-order valence-electron chi connectivity index (χ0n) is 18.0. The summed E-state index contributed by atoms with van der Waals surface area (Å²) >= 11 is 0. The van der Waals surface area contributed by atoms with Crippen LogP contribution in [-0.2, 0) is 0 Å². The van der Waals surface area contributed by atoms with Gasteiger partial charge in [-0.2, -0.15) is 5.10 Å². The number of pyridine rings is 2. The van der Waals surface area contributed by atoms with Gasteiger partial charge in [0.15, 0.2) is 5.65 Å². The summed E-state index contributed by atoms with van der Waals surface area (Å²) in [6.45, 7) is 6.04. The minimum Gasteiger partial charge on any atom is -0.495 e. The molecule has 1 aliphatic heterocycles. The number of fused-ring (bicyclic) bond motifs is 1. The zero-order valence-corrected chi connectivity index (χ0v) is 18.0. The molecule has 1 atom stereocenters. The van der Waals surface area contributed by atoms with Gasteiger partial charge in [0, 0.05) is 19.1 Å². The molecular weight excluding hydrogens is 378 g/mol. The van der Waals surface area contributed by atoms with Gasteiger partial charge in [0.2, 0.25) is 0 Å². The second-order valence-corrected chi connectivity index (χ2v) is 8.28. The first-order chi connectivity index (χ1) is 14.5. The van der Waals surface area contributed by atoms with Crippen molar-refractivity contribution in [3.63, 3.8) is 0 Å². The number of anilines is 3. The molecule has 3 aromatic heterocycles. The van der Waals surface area contributed by atoms with Gasteiger partial charge in [-0.1, -0.05) is 19.8 Å². The maximum absolute atomic E-state index is 6.15. The van der Waals surface area contributed by atoms with E-state index in [-0.39, 0.29) is 6.04 Å². The normalized spacial score (nSPS) is 18.7. The number of nitrogens with one attached hydrogen (secondary N) is 1. The van der Waals surface area contributed by atoms with Crippen LogP contribution in [0.1, 0.15) is 38.3 Å². The summed E-state index contributed by atoms with van der Waals surface area (Å²) in [6.07, 6.45) is 8.69. The number of nitrogens with zero attached hydrogens (tertiary/aromatic N) is 5. The highest BCUT2D eigenvalue weighted by Crippen LogP contribution is 2.28. The molecule has 8 nitrogen and oxygen atoms in total. The molecule has 2 aliphatic rings. The molecule has 0 bridgehead atoms. The van der Waals surface area contributed by atoms with Crippen molar-refractivity contribution in [2.45, 2.75) is 45.6 Å². The molecule has 5 rings (SSSR count). The summed E-state index contributed by atoms with van der Waals surface area (Å²) in [5.74, 6) is 2.58. The van der Waals surface area contributed by atoms with Crippen LogP contribution in [-0.4, -0.2) is 45.8 Å². The number of aromatic nitrogens is 4. The lowest BCUT2D eigenvalue weighted by Crippen LogP contribution is -2.42. The van der Waals surface area contributed by atoms with E-state index in [2.05, 4.69) is 38.3 Å². The van der Waals surface area contributed by atoms with Crippen molar-refractivity contribution in [1.29, 1.82) is 0 Å². The van der Waals surface area contributed by atoms with E-state index in [9.17, 15) is 0 Å². The van der Waals surface area contributed by atoms with Gasteiger partial charge in [0.25, 0.3) is 0 Å². The fraction of sp³-hybridized carbons (Fsp3) is 0.500. The highest BCUT2D eigenvalue weighted by Gasteiger charge is 2.19. The number of aryl methyl sites for hydroxylation is 1. The monoisotopic (exact) mass is 409 g/mol. The summed E-state index contributed by atoms with van der Waals surface area (Å²) in [4.78, 5) is 11.2. The Morgan fingerprint density at radius 3 is 2.70 bits per heavy atom. The van der Waals surface area contributed by atoms with Gasteiger partial charge < -0.3 is 20.7 Å². The number of hydrogen-bond donors (Lipinski definition) is 2. The van der Waals surface area contributed by atoms with Crippen molar-refractivity contribution in [2.24, 2.45) is 11.7 Å². The predicted molar refractivity (Wildman–Crippen MR) is 120 cm³/mol. The third kappa shape index (κ3) is 4.81. The topological polar surface area (TPSA) is 93.6 Å². The number of hydrogen-bond acceptors (Lipinski definition) is 7. The van der Waals surface area contributed by atoms with Gasteiger partial charge in [-0.05, 0) is 43.9 Å². The molecular formula is C22H31N7O. The van der Waals surface area contributed by atoms with Crippen molar-refractivity contribution in [3.8, 4) is 5.75 Å². The quantitative estimate of drug-likeness (QED) is 0.681. The van der Waals surface area contributed by atoms with Crippen LogP contribution in [0, 0.1) is 12.8 Å². The average molecular weight is 410 g/mol. The van der Waals surface area contributed by atoms with E-state index >= 15 is 0 Å². The molecule has 160 valence electrons. The largest absolute Gasteiger partial charge is 0.495 e. The zero-order chi connectivity index (χ0) is 21.1. The van der Waals surface area contributed by atoms with Crippen LogP contribution in [0.5, 0.6) is 5.75 Å². The van der Waals surface area contributed by atoms with Crippen molar-refractivity contribution in [2.75, 3.05) is 30.4 Å². The van der Waals surface area contributed by atoms with Crippen molar-refractivity contribution in [3.05, 3.63) is 36.4 Å². The smallest absolute Gasteiger partial charge is 0.178 e. The first kappa shape index (κ1) is 20.4. The highest BCUT2D eigenvalue weighted by molar-refractivity contribution is 5.76. The van der Waals surface area contributed by atoms with E-state index in [0.717, 1.165) is 66.1 Å². The van der Waals surface area contributed by atoms with Crippen LogP contribution in [0.3, 0.4) is 0 Å². The van der Waals surface area contributed by atoms with Gasteiger partial charge in [0.05, 0.1) is 30.4 Å². The molecule has 1 unspecified atom stereocenters. The Morgan fingerprint density at radius 2 is 2.03 bits per heavy atom. The summed E-state index contributed by atoms with van der Waals surface area (Å²) < 4.78 is 7.07. The lowest BCUT2D eigenvalue weighted by Gasteiger charge is -2.32. The standard InChI is InChI=1S/C18H23N7O.C4H8/c1-12-16(26-2)5-6-17(22-12)23-15-8-14(10-25-18(15)20-11-21-25)24-7-3-4-13(19)9-24;1-4-2-3-4/h5-6,8,10-11,13H,3-4,7,9,19H2,1-2H3,(H,22,23);4H,2-3H2,1H3. The molecule has 0 spiro atoms. The Kier molecular flexibility index (Phi) is 6.03. The molecule has 0 aromatic carbocycles. The van der Waals surface area contributed by atoms with E-state index in [4.69, 9.17) is 10.5 Å². The highest BCUT2D eigenvalue weighted by atomic mass is 16.5. The van der Waals surface area contributed by atoms with Crippen LogP contribution in [0.25, 0.3) is 5.65 Å². The lowest BCUT2D eigenvalue weighted by molar-refractivity contribution is 0.409. The second kappa shape index (κ2) is 8.87. The van der Waals surface area contributed by atoms with Crippen LogP contribution in [0.2, 0.25) is 0 Å². The Balaban J connectivity index is 0.000000489. The molecule has 30 heavy (non-hydrogen) atoms. The minimum atomic E-state index is 0.206. The van der Waals surface area contributed by atoms with Gasteiger partial charge in [-0.25, -0.2) is 14.5 Å². The van der Waals surface area contributed by atoms with Crippen molar-refractivity contribution >= 4 is 22.8 Å². The van der Waals surface area contributed by atoms with E-state index in [1.807, 2.05) is 25.3 Å². The van der Waals surface area contributed by atoms with Gasteiger partial charge in [-0.3, -0.25) is 0 Å². The summed E-state index contributed by atoms with van der Waals surface area (Å²) in [5.41, 5.74) is 9.66. The Bertz CT molecular complexity index is 998. The first-order valence-corrected chi connectivity index (χ1v) is 10.7. The van der Waals surface area contributed by atoms with Crippen LogP contribution in [0.15, 0.2) is 30.7 Å². The van der Waals surface area contributed by atoms with E-state index in [0.29, 0.717) is 0 Å². The minimum absolute atomic E-state index is 0.206. The van der Waals surface area contributed by atoms with Crippen molar-refractivity contribution < 1.29 is 4.74 Å². The fourth-order valence-corrected chi connectivity index (χ4v) is 3.56. The fourth-order valence-electron chi connectivity index (χ4n) is 3.56. The van der Waals surface area contributed by atoms with Gasteiger partial charge >= 0.3 is 0 Å². The molecule has 1 saturated carbocycles. The maximum Gasteiger partial charge on any atom is 0.178 e. The molecule has 1 aliphatic carbocycles. The molecule has 8 heteroatoms. The van der Waals surface area contributed by atoms with Crippen LogP contribution >= 0.6 is 0 Å². The summed E-state index contributed by atoms with van der Waals surface area (Å²) in [5, 5.41) is 7.68. The summed E-state index contributed by atoms with van der Waals surface area (Å²) in [7, 11) is 1.64. The Morgan fingerprint density at radius 1 is 1.23 bits per heavy atom. The molecule has 3 aromatic rings. The molecule has 3 N–H and O–H groups in total. The molecule has 4 heterocycles. The van der Waals surface area contributed by atoms with Gasteiger partial charge in [-0.15, -0.1) is 0 Å². The Labute approximate surface area is 177 Å². The van der Waals surface area contributed by atoms with E-state index < -0.39 is 0 Å². The number of nitrogens with two attached hydrogens (primary N) is 1.